The summed E-state index contributed by atoms with van der Waals surface area (Å²) in [5.74, 6) is -1.62. The van der Waals surface area contributed by atoms with E-state index in [-0.39, 0.29) is 25.4 Å². The van der Waals surface area contributed by atoms with Crippen molar-refractivity contribution in [3.05, 3.63) is 77.6 Å². The molecule has 2 amide bonds. The largest absolute Gasteiger partial charge is 0.481 e. The highest BCUT2D eigenvalue weighted by Crippen LogP contribution is 2.44. The number of benzene rings is 2. The Bertz CT molecular complexity index is 1120. The number of aromatic amines is 1. The highest BCUT2D eigenvalue weighted by molar-refractivity contribution is 5.86. The van der Waals surface area contributed by atoms with Gasteiger partial charge in [-0.15, -0.1) is 0 Å². The second-order valence-corrected chi connectivity index (χ2v) is 8.10. The fourth-order valence-electron chi connectivity index (χ4n) is 4.19. The van der Waals surface area contributed by atoms with E-state index in [4.69, 9.17) is 9.84 Å². The Morgan fingerprint density at radius 2 is 1.74 bits per heavy atom. The molecule has 1 unspecified atom stereocenters. The third kappa shape index (κ3) is 5.43. The van der Waals surface area contributed by atoms with Crippen molar-refractivity contribution in [1.29, 1.82) is 0 Å². The first kappa shape index (κ1) is 23.0. The zero-order valence-electron chi connectivity index (χ0n) is 18.5. The molecule has 0 fully saturated rings. The predicted octanol–water partition coefficient (Wildman–Crippen LogP) is 2.84. The number of alkyl carbamates (subject to hydrolysis) is 1. The van der Waals surface area contributed by atoms with E-state index in [1.165, 1.54) is 0 Å². The number of nitrogens with zero attached hydrogens (tertiary/aromatic N) is 1. The van der Waals surface area contributed by atoms with Crippen molar-refractivity contribution in [2.45, 2.75) is 31.2 Å². The van der Waals surface area contributed by atoms with Crippen molar-refractivity contribution in [3.63, 3.8) is 0 Å². The minimum absolute atomic E-state index is 0.0446. The number of ether oxygens (including phenoxy) is 1. The summed E-state index contributed by atoms with van der Waals surface area (Å²) in [6.07, 6.45) is 2.87. The predicted molar refractivity (Wildman–Crippen MR) is 124 cm³/mol. The Hall–Kier alpha value is -4.14. The molecule has 0 aliphatic heterocycles. The van der Waals surface area contributed by atoms with Gasteiger partial charge in [-0.2, -0.15) is 5.10 Å². The first-order valence-corrected chi connectivity index (χ1v) is 11.1. The first-order chi connectivity index (χ1) is 16.5. The average Bonchev–Trinajstić information content (AvgIpc) is 3.46. The third-order valence-corrected chi connectivity index (χ3v) is 5.87. The van der Waals surface area contributed by atoms with Crippen LogP contribution in [-0.2, 0) is 20.7 Å². The van der Waals surface area contributed by atoms with Gasteiger partial charge >= 0.3 is 12.1 Å². The maximum Gasteiger partial charge on any atom is 0.407 e. The van der Waals surface area contributed by atoms with E-state index in [1.807, 2.05) is 48.5 Å². The number of hydrogen-bond donors (Lipinski definition) is 4. The molecule has 0 bridgehead atoms. The quantitative estimate of drug-likeness (QED) is 0.366. The fraction of sp³-hybridized carbons (Fsp3) is 0.280. The van der Waals surface area contributed by atoms with Gasteiger partial charge in [0.05, 0.1) is 6.20 Å². The standard InChI is InChI=1S/C25H26N4O5/c30-23(31)10-9-22(24(32)26-12-11-16-13-27-28-14-16)29-25(33)34-15-21-19-7-3-1-5-17(19)18-6-2-4-8-20(18)21/h1-8,13-14,21-22H,9-12,15H2,(H,26,32)(H,27,28)(H,29,33)(H,30,31). The summed E-state index contributed by atoms with van der Waals surface area (Å²) in [4.78, 5) is 36.2. The molecule has 2 aromatic carbocycles. The van der Waals surface area contributed by atoms with E-state index in [2.05, 4.69) is 20.8 Å². The number of carbonyl (C=O) groups is 3. The maximum atomic E-state index is 12.6. The van der Waals surface area contributed by atoms with Crippen molar-refractivity contribution < 1.29 is 24.2 Å². The smallest absolute Gasteiger partial charge is 0.407 e. The van der Waals surface area contributed by atoms with Crippen LogP contribution >= 0.6 is 0 Å². The van der Waals surface area contributed by atoms with Crippen LogP contribution in [0.5, 0.6) is 0 Å². The lowest BCUT2D eigenvalue weighted by Gasteiger charge is -2.19. The molecule has 0 saturated carbocycles. The molecule has 0 spiro atoms. The Kier molecular flexibility index (Phi) is 7.22. The SMILES string of the molecule is O=C(O)CCC(NC(=O)OCC1c2ccccc2-c2ccccc21)C(=O)NCCc1cn[nH]c1. The van der Waals surface area contributed by atoms with Crippen LogP contribution < -0.4 is 10.6 Å². The first-order valence-electron chi connectivity index (χ1n) is 11.1. The normalized spacial score (nSPS) is 12.9. The molecule has 34 heavy (non-hydrogen) atoms. The van der Waals surface area contributed by atoms with Crippen LogP contribution in [0.2, 0.25) is 0 Å². The van der Waals surface area contributed by atoms with Crippen LogP contribution in [0, 0.1) is 0 Å². The van der Waals surface area contributed by atoms with E-state index in [0.717, 1.165) is 27.8 Å². The summed E-state index contributed by atoms with van der Waals surface area (Å²) >= 11 is 0. The van der Waals surface area contributed by atoms with E-state index in [9.17, 15) is 14.4 Å². The van der Waals surface area contributed by atoms with Gasteiger partial charge in [0, 0.05) is 25.1 Å². The van der Waals surface area contributed by atoms with E-state index in [0.29, 0.717) is 13.0 Å². The lowest BCUT2D eigenvalue weighted by molar-refractivity contribution is -0.137. The molecule has 1 aliphatic carbocycles. The summed E-state index contributed by atoms with van der Waals surface area (Å²) in [6.45, 7) is 0.432. The van der Waals surface area contributed by atoms with Gasteiger partial charge in [0.1, 0.15) is 12.6 Å². The van der Waals surface area contributed by atoms with E-state index in [1.54, 1.807) is 12.4 Å². The van der Waals surface area contributed by atoms with Gasteiger partial charge in [-0.25, -0.2) is 4.79 Å². The number of nitrogens with one attached hydrogen (secondary N) is 3. The summed E-state index contributed by atoms with van der Waals surface area (Å²) in [6, 6.07) is 15.0. The zero-order valence-corrected chi connectivity index (χ0v) is 18.5. The molecule has 176 valence electrons. The minimum atomic E-state index is -1.05. The Morgan fingerprint density at radius 1 is 1.06 bits per heavy atom. The number of carboxylic acid groups (broad SMARTS) is 1. The third-order valence-electron chi connectivity index (χ3n) is 5.87. The number of fused-ring (bicyclic) bond motifs is 3. The highest BCUT2D eigenvalue weighted by Gasteiger charge is 2.29. The fourth-order valence-corrected chi connectivity index (χ4v) is 4.19. The molecule has 4 rings (SSSR count). The molecule has 1 aliphatic rings. The molecule has 0 saturated heterocycles. The molecule has 1 atom stereocenters. The van der Waals surface area contributed by atoms with Gasteiger partial charge < -0.3 is 20.5 Å². The zero-order chi connectivity index (χ0) is 23.9. The number of rotatable bonds is 10. The molecular weight excluding hydrogens is 436 g/mol. The number of amides is 2. The van der Waals surface area contributed by atoms with Crippen LogP contribution in [0.3, 0.4) is 0 Å². The molecular formula is C25H26N4O5. The van der Waals surface area contributed by atoms with Crippen LogP contribution in [0.25, 0.3) is 11.1 Å². The Labute approximate surface area is 196 Å². The summed E-state index contributed by atoms with van der Waals surface area (Å²) in [5.41, 5.74) is 5.31. The Balaban J connectivity index is 1.36. The number of H-pyrrole nitrogens is 1. The van der Waals surface area contributed by atoms with Gasteiger partial charge in [-0.1, -0.05) is 48.5 Å². The van der Waals surface area contributed by atoms with Crippen molar-refractivity contribution >= 4 is 18.0 Å². The minimum Gasteiger partial charge on any atom is -0.481 e. The average molecular weight is 463 g/mol. The van der Waals surface area contributed by atoms with Crippen molar-refractivity contribution in [2.24, 2.45) is 0 Å². The summed E-state index contributed by atoms with van der Waals surface area (Å²) in [5, 5.41) is 20.8. The Morgan fingerprint density at radius 3 is 2.35 bits per heavy atom. The number of carboxylic acids is 1. The molecule has 1 aromatic heterocycles. The van der Waals surface area contributed by atoms with E-state index < -0.39 is 24.0 Å². The van der Waals surface area contributed by atoms with Crippen LogP contribution in [-0.4, -0.2) is 52.5 Å². The highest BCUT2D eigenvalue weighted by atomic mass is 16.5. The van der Waals surface area contributed by atoms with Crippen LogP contribution in [0.15, 0.2) is 60.9 Å². The second-order valence-electron chi connectivity index (χ2n) is 8.10. The number of hydrogen-bond acceptors (Lipinski definition) is 5. The summed E-state index contributed by atoms with van der Waals surface area (Å²) in [7, 11) is 0. The monoisotopic (exact) mass is 462 g/mol. The van der Waals surface area contributed by atoms with Gasteiger partial charge in [-0.3, -0.25) is 14.7 Å². The molecule has 3 aromatic rings. The number of carbonyl (C=O) groups excluding carboxylic acids is 2. The molecule has 1 heterocycles. The van der Waals surface area contributed by atoms with Crippen molar-refractivity contribution in [1.82, 2.24) is 20.8 Å². The number of aliphatic carboxylic acids is 1. The maximum absolute atomic E-state index is 12.6. The van der Waals surface area contributed by atoms with E-state index >= 15 is 0 Å². The molecule has 9 nitrogen and oxygen atoms in total. The topological polar surface area (TPSA) is 133 Å². The van der Waals surface area contributed by atoms with Crippen LogP contribution in [0.4, 0.5) is 4.79 Å². The summed E-state index contributed by atoms with van der Waals surface area (Å²) < 4.78 is 5.50. The molecule has 0 radical (unpaired) electrons. The van der Waals surface area contributed by atoms with Crippen LogP contribution in [0.1, 0.15) is 35.4 Å². The van der Waals surface area contributed by atoms with Crippen molar-refractivity contribution in [3.8, 4) is 11.1 Å². The van der Waals surface area contributed by atoms with Gasteiger partial charge in [-0.05, 0) is 40.7 Å². The van der Waals surface area contributed by atoms with Gasteiger partial charge in [0.2, 0.25) is 5.91 Å². The van der Waals surface area contributed by atoms with Gasteiger partial charge in [0.15, 0.2) is 0 Å². The second kappa shape index (κ2) is 10.7. The lowest BCUT2D eigenvalue weighted by Crippen LogP contribution is -2.47. The number of aromatic nitrogens is 2. The van der Waals surface area contributed by atoms with Gasteiger partial charge in [0.25, 0.3) is 0 Å². The van der Waals surface area contributed by atoms with Crippen molar-refractivity contribution in [2.75, 3.05) is 13.2 Å². The lowest BCUT2D eigenvalue weighted by atomic mass is 9.98. The molecule has 9 heteroatoms. The molecule has 4 N–H and O–H groups in total.